The van der Waals surface area contributed by atoms with E-state index in [-0.39, 0.29) is 28.8 Å². The second-order valence-electron chi connectivity index (χ2n) is 6.60. The molecule has 2 rings (SSSR count). The predicted octanol–water partition coefficient (Wildman–Crippen LogP) is 3.33. The molecule has 1 aliphatic heterocycles. The highest BCUT2D eigenvalue weighted by Gasteiger charge is 2.30. The Morgan fingerprint density at radius 3 is 2.58 bits per heavy atom. The van der Waals surface area contributed by atoms with Gasteiger partial charge in [-0.15, -0.1) is 0 Å². The van der Waals surface area contributed by atoms with Crippen molar-refractivity contribution in [3.8, 4) is 0 Å². The summed E-state index contributed by atoms with van der Waals surface area (Å²) >= 11 is 0. The molecule has 24 heavy (non-hydrogen) atoms. The van der Waals surface area contributed by atoms with Gasteiger partial charge < -0.3 is 10.0 Å². The van der Waals surface area contributed by atoms with Crippen LogP contribution >= 0.6 is 0 Å². The maximum absolute atomic E-state index is 12.8. The van der Waals surface area contributed by atoms with Gasteiger partial charge in [-0.25, -0.2) is 4.79 Å². The number of nitrogens with zero attached hydrogens (tertiary/aromatic N) is 2. The van der Waals surface area contributed by atoms with Crippen LogP contribution in [-0.2, 0) is 0 Å². The number of carbonyl (C=O) groups is 2. The zero-order valence-corrected chi connectivity index (χ0v) is 13.9. The van der Waals surface area contributed by atoms with Crippen LogP contribution in [0.4, 0.5) is 5.69 Å². The van der Waals surface area contributed by atoms with Crippen LogP contribution in [0.3, 0.4) is 0 Å². The largest absolute Gasteiger partial charge is 0.478 e. The molecule has 7 heteroatoms. The Kier molecular flexibility index (Phi) is 5.54. The van der Waals surface area contributed by atoms with Crippen molar-refractivity contribution in [1.82, 2.24) is 4.90 Å². The number of carboxylic acid groups (broad SMARTS) is 1. The number of nitro benzene ring substituents is 1. The van der Waals surface area contributed by atoms with E-state index >= 15 is 0 Å². The Hall–Kier alpha value is -2.44. The second kappa shape index (κ2) is 7.42. The lowest BCUT2D eigenvalue weighted by Gasteiger charge is -2.25. The summed E-state index contributed by atoms with van der Waals surface area (Å²) in [5, 5.41) is 20.1. The van der Waals surface area contributed by atoms with Crippen LogP contribution in [0.25, 0.3) is 0 Å². The number of nitro groups is 1. The number of carboxylic acids is 1. The van der Waals surface area contributed by atoms with E-state index in [9.17, 15) is 19.7 Å². The van der Waals surface area contributed by atoms with Crippen molar-refractivity contribution >= 4 is 17.6 Å². The molecule has 0 spiro atoms. The van der Waals surface area contributed by atoms with Crippen molar-refractivity contribution < 1.29 is 19.6 Å². The lowest BCUT2D eigenvalue weighted by molar-refractivity contribution is -0.384. The van der Waals surface area contributed by atoms with Crippen LogP contribution in [0.5, 0.6) is 0 Å². The highest BCUT2D eigenvalue weighted by Crippen LogP contribution is 2.26. The smallest absolute Gasteiger partial charge is 0.335 e. The summed E-state index contributed by atoms with van der Waals surface area (Å²) in [5.41, 5.74) is -0.556. The number of likely N-dealkylation sites (tertiary alicyclic amines) is 1. The van der Waals surface area contributed by atoms with E-state index in [1.807, 2.05) is 0 Å². The van der Waals surface area contributed by atoms with Gasteiger partial charge in [-0.05, 0) is 37.7 Å². The van der Waals surface area contributed by atoms with E-state index in [1.165, 1.54) is 6.07 Å². The molecule has 1 aromatic carbocycles. The average Bonchev–Trinajstić information content (AvgIpc) is 3.00. The van der Waals surface area contributed by atoms with E-state index in [0.717, 1.165) is 37.8 Å². The normalized spacial score (nSPS) is 17.3. The third-order valence-electron chi connectivity index (χ3n) is 4.34. The van der Waals surface area contributed by atoms with Crippen LogP contribution in [0, 0.1) is 16.0 Å². The number of hydrogen-bond donors (Lipinski definition) is 1. The van der Waals surface area contributed by atoms with Gasteiger partial charge in [-0.1, -0.05) is 13.8 Å². The monoisotopic (exact) mass is 334 g/mol. The summed E-state index contributed by atoms with van der Waals surface area (Å²) in [6, 6.07) is 3.47. The Balaban J connectivity index is 2.27. The average molecular weight is 334 g/mol. The van der Waals surface area contributed by atoms with Crippen molar-refractivity contribution in [3.05, 3.63) is 39.4 Å². The molecule has 0 aliphatic carbocycles. The minimum Gasteiger partial charge on any atom is -0.478 e. The number of aromatic carboxylic acids is 1. The summed E-state index contributed by atoms with van der Waals surface area (Å²) in [7, 11) is 0. The van der Waals surface area contributed by atoms with Gasteiger partial charge in [0.05, 0.1) is 10.5 Å². The molecule has 1 N–H and O–H groups in total. The Labute approximate surface area is 140 Å². The molecule has 1 atom stereocenters. The molecule has 1 aromatic rings. The first-order valence-corrected chi connectivity index (χ1v) is 8.13. The van der Waals surface area contributed by atoms with Gasteiger partial charge in [0.25, 0.3) is 11.6 Å². The van der Waals surface area contributed by atoms with Gasteiger partial charge in [0, 0.05) is 30.3 Å². The van der Waals surface area contributed by atoms with E-state index in [0.29, 0.717) is 12.5 Å². The maximum Gasteiger partial charge on any atom is 0.335 e. The van der Waals surface area contributed by atoms with Crippen LogP contribution in [-0.4, -0.2) is 39.4 Å². The number of amides is 1. The van der Waals surface area contributed by atoms with Crippen molar-refractivity contribution in [2.75, 3.05) is 6.54 Å². The van der Waals surface area contributed by atoms with Gasteiger partial charge in [0.15, 0.2) is 0 Å². The standard InChI is InChI=1S/C17H22N2O5/c1-11(2)5-6-14-4-3-7-18(14)16(20)12-8-13(17(21)22)10-15(9-12)19(23)24/h8-11,14H,3-7H2,1-2H3,(H,21,22). The van der Waals surface area contributed by atoms with Crippen molar-refractivity contribution in [2.45, 2.75) is 45.6 Å². The Bertz CT molecular complexity index is 624. The molecule has 0 aromatic heterocycles. The van der Waals surface area contributed by atoms with Crippen LogP contribution in [0.15, 0.2) is 18.2 Å². The lowest BCUT2D eigenvalue weighted by atomic mass is 10.0. The van der Waals surface area contributed by atoms with Crippen LogP contribution < -0.4 is 0 Å². The maximum atomic E-state index is 12.8. The van der Waals surface area contributed by atoms with Gasteiger partial charge >= 0.3 is 5.97 Å². The minimum atomic E-state index is -1.29. The Morgan fingerprint density at radius 1 is 1.33 bits per heavy atom. The first kappa shape index (κ1) is 17.9. The molecule has 1 fully saturated rings. The number of hydrogen-bond acceptors (Lipinski definition) is 4. The number of benzene rings is 1. The topological polar surface area (TPSA) is 101 Å². The molecule has 130 valence electrons. The van der Waals surface area contributed by atoms with Crippen molar-refractivity contribution in [2.24, 2.45) is 5.92 Å². The molecule has 1 aliphatic rings. The first-order chi connectivity index (χ1) is 11.3. The summed E-state index contributed by atoms with van der Waals surface area (Å²) in [5.74, 6) is -1.07. The summed E-state index contributed by atoms with van der Waals surface area (Å²) in [6.07, 6.45) is 3.71. The number of carbonyl (C=O) groups excluding carboxylic acids is 1. The molecular weight excluding hydrogens is 312 g/mol. The van der Waals surface area contributed by atoms with Gasteiger partial charge in [-0.3, -0.25) is 14.9 Å². The summed E-state index contributed by atoms with van der Waals surface area (Å²) in [6.45, 7) is 4.86. The van der Waals surface area contributed by atoms with E-state index in [2.05, 4.69) is 13.8 Å². The van der Waals surface area contributed by atoms with Gasteiger partial charge in [0.2, 0.25) is 0 Å². The van der Waals surface area contributed by atoms with Crippen molar-refractivity contribution in [1.29, 1.82) is 0 Å². The molecule has 1 amide bonds. The highest BCUT2D eigenvalue weighted by atomic mass is 16.6. The zero-order chi connectivity index (χ0) is 17.9. The van der Waals surface area contributed by atoms with Gasteiger partial charge in [-0.2, -0.15) is 0 Å². The number of rotatable bonds is 6. The lowest BCUT2D eigenvalue weighted by Crippen LogP contribution is -2.35. The third-order valence-corrected chi connectivity index (χ3v) is 4.34. The molecule has 0 radical (unpaired) electrons. The predicted molar refractivity (Wildman–Crippen MR) is 88.2 cm³/mol. The fraction of sp³-hybridized carbons (Fsp3) is 0.529. The Morgan fingerprint density at radius 2 is 2.00 bits per heavy atom. The van der Waals surface area contributed by atoms with E-state index < -0.39 is 10.9 Å². The van der Waals surface area contributed by atoms with Crippen molar-refractivity contribution in [3.63, 3.8) is 0 Å². The van der Waals surface area contributed by atoms with E-state index in [1.54, 1.807) is 4.90 Å². The quantitative estimate of drug-likeness (QED) is 0.635. The molecule has 1 unspecified atom stereocenters. The summed E-state index contributed by atoms with van der Waals surface area (Å²) in [4.78, 5) is 36.0. The SMILES string of the molecule is CC(C)CCC1CCCN1C(=O)c1cc(C(=O)O)cc([N+](=O)[O-])c1. The number of non-ortho nitro benzene ring substituents is 1. The van der Waals surface area contributed by atoms with E-state index in [4.69, 9.17) is 5.11 Å². The fourth-order valence-corrected chi connectivity index (χ4v) is 3.06. The summed E-state index contributed by atoms with van der Waals surface area (Å²) < 4.78 is 0. The van der Waals surface area contributed by atoms with Gasteiger partial charge in [0.1, 0.15) is 0 Å². The molecular formula is C17H22N2O5. The van der Waals surface area contributed by atoms with Crippen LogP contribution in [0.2, 0.25) is 0 Å². The molecule has 1 saturated heterocycles. The molecule has 7 nitrogen and oxygen atoms in total. The third kappa shape index (κ3) is 4.10. The molecule has 1 heterocycles. The van der Waals surface area contributed by atoms with Crippen LogP contribution in [0.1, 0.15) is 60.2 Å². The first-order valence-electron chi connectivity index (χ1n) is 8.13. The minimum absolute atomic E-state index is 0.0676. The zero-order valence-electron chi connectivity index (χ0n) is 13.9. The second-order valence-corrected chi connectivity index (χ2v) is 6.60. The fourth-order valence-electron chi connectivity index (χ4n) is 3.06. The molecule has 0 saturated carbocycles. The highest BCUT2D eigenvalue weighted by molar-refractivity contribution is 5.98. The molecule has 0 bridgehead atoms.